The Balaban J connectivity index is 1.93. The number of aromatic nitrogens is 2. The van der Waals surface area contributed by atoms with E-state index in [1.807, 2.05) is 49.7 Å². The van der Waals surface area contributed by atoms with Gasteiger partial charge in [-0.1, -0.05) is 0 Å². The van der Waals surface area contributed by atoms with Gasteiger partial charge in [0.05, 0.1) is 6.20 Å². The molecule has 118 valence electrons. The van der Waals surface area contributed by atoms with E-state index in [0.29, 0.717) is 6.54 Å². The van der Waals surface area contributed by atoms with Gasteiger partial charge < -0.3 is 15.0 Å². The molecule has 6 nitrogen and oxygen atoms in total. The van der Waals surface area contributed by atoms with Gasteiger partial charge in [0.1, 0.15) is 5.60 Å². The Labute approximate surface area is 126 Å². The van der Waals surface area contributed by atoms with Crippen LogP contribution in [0, 0.1) is 6.92 Å². The molecule has 1 atom stereocenters. The molecule has 1 saturated heterocycles. The van der Waals surface area contributed by atoms with Crippen LogP contribution in [0.5, 0.6) is 0 Å². The van der Waals surface area contributed by atoms with E-state index in [0.717, 1.165) is 31.6 Å². The Bertz CT molecular complexity index is 478. The third-order valence-electron chi connectivity index (χ3n) is 3.43. The number of piperazine rings is 1. The smallest absolute Gasteiger partial charge is 0.410 e. The van der Waals surface area contributed by atoms with E-state index in [2.05, 4.69) is 10.4 Å². The molecule has 0 aromatic carbocycles. The summed E-state index contributed by atoms with van der Waals surface area (Å²) in [7, 11) is 0. The van der Waals surface area contributed by atoms with Crippen molar-refractivity contribution in [1.82, 2.24) is 20.0 Å². The van der Waals surface area contributed by atoms with Gasteiger partial charge in [0, 0.05) is 38.4 Å². The summed E-state index contributed by atoms with van der Waals surface area (Å²) in [6.07, 6.45) is 4.53. The van der Waals surface area contributed by atoms with E-state index in [4.69, 9.17) is 4.74 Å². The maximum absolute atomic E-state index is 12.3. The number of carbonyl (C=O) groups is 1. The van der Waals surface area contributed by atoms with E-state index in [1.54, 1.807) is 0 Å². The molecule has 1 aromatic rings. The number of nitrogens with zero attached hydrogens (tertiary/aromatic N) is 3. The summed E-state index contributed by atoms with van der Waals surface area (Å²) in [6.45, 7) is 10.8. The molecule has 0 radical (unpaired) electrons. The summed E-state index contributed by atoms with van der Waals surface area (Å²) < 4.78 is 7.43. The molecule has 0 unspecified atom stereocenters. The first kappa shape index (κ1) is 15.8. The van der Waals surface area contributed by atoms with Gasteiger partial charge in [-0.3, -0.25) is 4.68 Å². The number of hydrogen-bond acceptors (Lipinski definition) is 4. The van der Waals surface area contributed by atoms with E-state index >= 15 is 0 Å². The minimum Gasteiger partial charge on any atom is -0.444 e. The van der Waals surface area contributed by atoms with Crippen molar-refractivity contribution in [2.45, 2.75) is 52.3 Å². The molecule has 1 aliphatic rings. The summed E-state index contributed by atoms with van der Waals surface area (Å²) in [5, 5.41) is 7.64. The van der Waals surface area contributed by atoms with Gasteiger partial charge in [-0.2, -0.15) is 5.10 Å². The van der Waals surface area contributed by atoms with Crippen LogP contribution in [0.4, 0.5) is 4.79 Å². The zero-order valence-corrected chi connectivity index (χ0v) is 13.4. The van der Waals surface area contributed by atoms with Crippen LogP contribution in [-0.4, -0.2) is 52.1 Å². The van der Waals surface area contributed by atoms with Crippen molar-refractivity contribution in [3.05, 3.63) is 18.0 Å². The second-order valence-corrected chi connectivity index (χ2v) is 6.60. The Morgan fingerprint density at radius 1 is 1.52 bits per heavy atom. The first-order valence-electron chi connectivity index (χ1n) is 7.54. The van der Waals surface area contributed by atoms with Crippen molar-refractivity contribution in [2.75, 3.05) is 19.6 Å². The molecule has 0 bridgehead atoms. The molecule has 6 heteroatoms. The van der Waals surface area contributed by atoms with Gasteiger partial charge in [-0.25, -0.2) is 4.79 Å². The first-order chi connectivity index (χ1) is 9.85. The van der Waals surface area contributed by atoms with Gasteiger partial charge in [-0.05, 0) is 39.7 Å². The monoisotopic (exact) mass is 294 g/mol. The number of rotatable bonds is 3. The molecule has 1 fully saturated rings. The zero-order valence-electron chi connectivity index (χ0n) is 13.4. The number of hydrogen-bond donors (Lipinski definition) is 1. The molecule has 1 aromatic heterocycles. The molecule has 1 N–H and O–H groups in total. The van der Waals surface area contributed by atoms with Gasteiger partial charge in [-0.15, -0.1) is 0 Å². The molecule has 0 aliphatic carbocycles. The van der Waals surface area contributed by atoms with Crippen LogP contribution in [0.25, 0.3) is 0 Å². The maximum Gasteiger partial charge on any atom is 0.410 e. The number of aryl methyl sites for hydroxylation is 2. The number of carbonyl (C=O) groups excluding carboxylic acids is 1. The summed E-state index contributed by atoms with van der Waals surface area (Å²) >= 11 is 0. The number of amides is 1. The molecule has 0 saturated carbocycles. The van der Waals surface area contributed by atoms with Gasteiger partial charge in [0.2, 0.25) is 0 Å². The molecule has 2 rings (SSSR count). The Hall–Kier alpha value is -1.56. The van der Waals surface area contributed by atoms with Crippen molar-refractivity contribution in [1.29, 1.82) is 0 Å². The van der Waals surface area contributed by atoms with Gasteiger partial charge >= 0.3 is 6.09 Å². The fourth-order valence-corrected chi connectivity index (χ4v) is 2.45. The summed E-state index contributed by atoms with van der Waals surface area (Å²) in [6, 6.07) is 0.151. The Morgan fingerprint density at radius 2 is 2.29 bits per heavy atom. The van der Waals surface area contributed by atoms with Crippen LogP contribution in [0.1, 0.15) is 32.8 Å². The van der Waals surface area contributed by atoms with Crippen LogP contribution >= 0.6 is 0 Å². The van der Waals surface area contributed by atoms with Crippen LogP contribution in [0.2, 0.25) is 0 Å². The molecule has 0 spiro atoms. The fraction of sp³-hybridized carbons (Fsp3) is 0.733. The highest BCUT2D eigenvalue weighted by Crippen LogP contribution is 2.15. The minimum atomic E-state index is -0.453. The topological polar surface area (TPSA) is 59.4 Å². The van der Waals surface area contributed by atoms with Crippen LogP contribution in [0.15, 0.2) is 12.4 Å². The van der Waals surface area contributed by atoms with Gasteiger partial charge in [0.25, 0.3) is 0 Å². The van der Waals surface area contributed by atoms with E-state index in [1.165, 1.54) is 0 Å². The largest absolute Gasteiger partial charge is 0.444 e. The van der Waals surface area contributed by atoms with Gasteiger partial charge in [0.15, 0.2) is 0 Å². The van der Waals surface area contributed by atoms with Crippen molar-refractivity contribution in [2.24, 2.45) is 0 Å². The lowest BCUT2D eigenvalue weighted by atomic mass is 10.1. The van der Waals surface area contributed by atoms with Crippen molar-refractivity contribution in [3.8, 4) is 0 Å². The lowest BCUT2D eigenvalue weighted by Gasteiger charge is -2.37. The van der Waals surface area contributed by atoms with E-state index < -0.39 is 5.60 Å². The molecule has 21 heavy (non-hydrogen) atoms. The maximum atomic E-state index is 12.3. The standard InChI is InChI=1S/C15H26N4O2/c1-12-9-17-18(11-12)7-5-13-10-16-6-8-19(13)14(20)21-15(2,3)4/h9,11,13,16H,5-8,10H2,1-4H3/t13-/m1/s1. The lowest BCUT2D eigenvalue weighted by Crippen LogP contribution is -2.55. The summed E-state index contributed by atoms with van der Waals surface area (Å²) in [5.41, 5.74) is 0.701. The highest BCUT2D eigenvalue weighted by molar-refractivity contribution is 5.68. The number of nitrogens with one attached hydrogen (secondary N) is 1. The number of ether oxygens (including phenoxy) is 1. The third kappa shape index (κ3) is 4.74. The zero-order chi connectivity index (χ0) is 15.5. The van der Waals surface area contributed by atoms with E-state index in [-0.39, 0.29) is 12.1 Å². The van der Waals surface area contributed by atoms with Crippen LogP contribution < -0.4 is 5.32 Å². The first-order valence-corrected chi connectivity index (χ1v) is 7.54. The summed E-state index contributed by atoms with van der Waals surface area (Å²) in [5.74, 6) is 0. The molecular weight excluding hydrogens is 268 g/mol. The SMILES string of the molecule is Cc1cnn(CC[C@@H]2CNCCN2C(=O)OC(C)(C)C)c1. The lowest BCUT2D eigenvalue weighted by molar-refractivity contribution is 0.0106. The van der Waals surface area contributed by atoms with Crippen LogP contribution in [-0.2, 0) is 11.3 Å². The highest BCUT2D eigenvalue weighted by Gasteiger charge is 2.30. The average molecular weight is 294 g/mol. The minimum absolute atomic E-state index is 0.151. The normalized spacial score (nSPS) is 19.6. The molecule has 2 heterocycles. The predicted molar refractivity (Wildman–Crippen MR) is 81.2 cm³/mol. The second-order valence-electron chi connectivity index (χ2n) is 6.60. The van der Waals surface area contributed by atoms with Crippen molar-refractivity contribution >= 4 is 6.09 Å². The van der Waals surface area contributed by atoms with E-state index in [9.17, 15) is 4.79 Å². The molecule has 1 aliphatic heterocycles. The van der Waals surface area contributed by atoms with Crippen molar-refractivity contribution < 1.29 is 9.53 Å². The fourth-order valence-electron chi connectivity index (χ4n) is 2.45. The highest BCUT2D eigenvalue weighted by atomic mass is 16.6. The van der Waals surface area contributed by atoms with Crippen molar-refractivity contribution in [3.63, 3.8) is 0 Å². The predicted octanol–water partition coefficient (Wildman–Crippen LogP) is 1.79. The third-order valence-corrected chi connectivity index (χ3v) is 3.43. The van der Waals surface area contributed by atoms with Crippen LogP contribution in [0.3, 0.4) is 0 Å². The molecular formula is C15H26N4O2. The average Bonchev–Trinajstić information content (AvgIpc) is 2.80. The quantitative estimate of drug-likeness (QED) is 0.923. The second kappa shape index (κ2) is 6.47. The Morgan fingerprint density at radius 3 is 2.90 bits per heavy atom. The summed E-state index contributed by atoms with van der Waals surface area (Å²) in [4.78, 5) is 14.1. The molecule has 1 amide bonds. The Kier molecular flexibility index (Phi) is 4.88.